The Labute approximate surface area is 133 Å². The van der Waals surface area contributed by atoms with E-state index in [9.17, 15) is 5.11 Å². The molecule has 2 aromatic rings. The monoisotopic (exact) mass is 316 g/mol. The summed E-state index contributed by atoms with van der Waals surface area (Å²) in [4.78, 5) is 4.28. The van der Waals surface area contributed by atoms with Gasteiger partial charge in [-0.2, -0.15) is 0 Å². The molecule has 1 heterocycles. The quantitative estimate of drug-likeness (QED) is 0.697. The number of hydrogen-bond acceptors (Lipinski definition) is 5. The molecule has 0 amide bonds. The van der Waals surface area contributed by atoms with Crippen LogP contribution in [0.4, 0.5) is 11.4 Å². The molecule has 0 aromatic heterocycles. The number of fused-ring (bicyclic) bond motifs is 1. The molecule has 0 saturated carbocycles. The average molecular weight is 317 g/mol. The van der Waals surface area contributed by atoms with Crippen molar-refractivity contribution in [2.75, 3.05) is 12.4 Å². The number of nitrogens with two attached hydrogens (primary N) is 2. The number of aliphatic hydroxyl groups is 1. The Balaban J connectivity index is 2.29. The van der Waals surface area contributed by atoms with E-state index in [0.717, 1.165) is 11.3 Å². The van der Waals surface area contributed by atoms with E-state index in [4.69, 9.17) is 23.1 Å². The molecule has 0 spiro atoms. The van der Waals surface area contributed by atoms with Gasteiger partial charge in [-0.15, -0.1) is 0 Å². The zero-order chi connectivity index (χ0) is 15.9. The molecule has 0 bridgehead atoms. The Bertz CT molecular complexity index is 775. The maximum Gasteiger partial charge on any atom is 0.176 e. The molecule has 1 atom stereocenters. The maximum absolute atomic E-state index is 11.3. The Hall–Kier alpha value is -2.08. The first-order valence-electron chi connectivity index (χ1n) is 6.89. The van der Waals surface area contributed by atoms with Gasteiger partial charge in [-0.3, -0.25) is 0 Å². The first-order valence-corrected chi connectivity index (χ1v) is 7.27. The Kier molecular flexibility index (Phi) is 3.56. The summed E-state index contributed by atoms with van der Waals surface area (Å²) in [6.45, 7) is 0.347. The molecule has 3 rings (SSSR count). The number of para-hydroxylation sites is 1. The van der Waals surface area contributed by atoms with Crippen molar-refractivity contribution >= 4 is 28.8 Å². The van der Waals surface area contributed by atoms with Crippen LogP contribution < -0.4 is 16.8 Å². The van der Waals surface area contributed by atoms with Crippen molar-refractivity contribution in [2.45, 2.75) is 12.1 Å². The molecule has 1 aliphatic rings. The third-order valence-corrected chi connectivity index (χ3v) is 4.21. The second-order valence-corrected chi connectivity index (χ2v) is 5.60. The fraction of sp³-hybridized carbons (Fsp3) is 0.188. The van der Waals surface area contributed by atoms with Crippen molar-refractivity contribution in [1.82, 2.24) is 0 Å². The molecule has 0 fully saturated rings. The van der Waals surface area contributed by atoms with Gasteiger partial charge in [-0.25, -0.2) is 4.99 Å². The van der Waals surface area contributed by atoms with Crippen molar-refractivity contribution in [3.8, 4) is 0 Å². The van der Waals surface area contributed by atoms with Crippen molar-refractivity contribution in [3.05, 3.63) is 58.1 Å². The summed E-state index contributed by atoms with van der Waals surface area (Å²) in [5.41, 5.74) is 13.8. The van der Waals surface area contributed by atoms with E-state index < -0.39 is 5.60 Å². The minimum atomic E-state index is -1.52. The molecule has 0 saturated heterocycles. The predicted octanol–water partition coefficient (Wildman–Crippen LogP) is 2.08. The summed E-state index contributed by atoms with van der Waals surface area (Å²) in [5.74, 6) is 0.121. The number of benzene rings is 2. The lowest BCUT2D eigenvalue weighted by atomic mass is 9.84. The molecule has 6 heteroatoms. The highest BCUT2D eigenvalue weighted by molar-refractivity contribution is 6.30. The Morgan fingerprint density at radius 3 is 2.73 bits per heavy atom. The highest BCUT2D eigenvalue weighted by atomic mass is 35.5. The highest BCUT2D eigenvalue weighted by Crippen LogP contribution is 2.45. The second-order valence-electron chi connectivity index (χ2n) is 5.16. The topological polar surface area (TPSA) is 96.7 Å². The largest absolute Gasteiger partial charge is 0.388 e. The zero-order valence-corrected chi connectivity index (χ0v) is 12.9. The van der Waals surface area contributed by atoms with Crippen molar-refractivity contribution in [1.29, 1.82) is 0 Å². The lowest BCUT2D eigenvalue weighted by Crippen LogP contribution is -2.40. The molecule has 0 aliphatic carbocycles. The second kappa shape index (κ2) is 5.28. The van der Waals surface area contributed by atoms with Crippen molar-refractivity contribution in [3.63, 3.8) is 0 Å². The summed E-state index contributed by atoms with van der Waals surface area (Å²) >= 11 is 6.08. The molecule has 6 N–H and O–H groups in total. The first-order chi connectivity index (χ1) is 10.5. The van der Waals surface area contributed by atoms with Crippen LogP contribution in [0.5, 0.6) is 0 Å². The molecule has 1 aliphatic heterocycles. The molecule has 114 valence electrons. The van der Waals surface area contributed by atoms with Gasteiger partial charge in [0.2, 0.25) is 0 Å². The molecule has 5 nitrogen and oxygen atoms in total. The number of anilines is 1. The number of rotatable bonds is 3. The number of nitrogens with zero attached hydrogens (tertiary/aromatic N) is 1. The van der Waals surface area contributed by atoms with Crippen LogP contribution in [0.1, 0.15) is 16.7 Å². The number of halogens is 1. The van der Waals surface area contributed by atoms with Crippen LogP contribution in [0.3, 0.4) is 0 Å². The fourth-order valence-electron chi connectivity index (χ4n) is 2.89. The lowest BCUT2D eigenvalue weighted by molar-refractivity contribution is 0.159. The van der Waals surface area contributed by atoms with E-state index in [0.29, 0.717) is 28.4 Å². The number of aliphatic imine (C=N–C) groups is 1. The zero-order valence-electron chi connectivity index (χ0n) is 12.1. The summed E-state index contributed by atoms with van der Waals surface area (Å²) in [7, 11) is 1.78. The van der Waals surface area contributed by atoms with Crippen LogP contribution in [0.15, 0.2) is 41.4 Å². The molecular weight excluding hydrogens is 300 g/mol. The molecule has 2 aromatic carbocycles. The summed E-state index contributed by atoms with van der Waals surface area (Å²) in [5, 5.41) is 15.0. The van der Waals surface area contributed by atoms with Gasteiger partial charge >= 0.3 is 0 Å². The maximum atomic E-state index is 11.3. The van der Waals surface area contributed by atoms with Gasteiger partial charge in [0.25, 0.3) is 0 Å². The predicted molar refractivity (Wildman–Crippen MR) is 89.6 cm³/mol. The van der Waals surface area contributed by atoms with Crippen LogP contribution in [0.25, 0.3) is 0 Å². The van der Waals surface area contributed by atoms with Crippen LogP contribution in [0, 0.1) is 0 Å². The Morgan fingerprint density at radius 2 is 2.05 bits per heavy atom. The molecular formula is C16H17ClN4O. The minimum absolute atomic E-state index is 0.121. The summed E-state index contributed by atoms with van der Waals surface area (Å²) in [6.07, 6.45) is 0. The third-order valence-electron chi connectivity index (χ3n) is 3.97. The van der Waals surface area contributed by atoms with Crippen molar-refractivity contribution < 1.29 is 5.11 Å². The van der Waals surface area contributed by atoms with Gasteiger partial charge in [0.1, 0.15) is 5.84 Å². The van der Waals surface area contributed by atoms with E-state index in [-0.39, 0.29) is 5.84 Å². The van der Waals surface area contributed by atoms with Gasteiger partial charge in [0.05, 0.1) is 5.69 Å². The van der Waals surface area contributed by atoms with E-state index in [1.807, 2.05) is 18.2 Å². The molecule has 1 unspecified atom stereocenters. The average Bonchev–Trinajstić information content (AvgIpc) is 2.78. The van der Waals surface area contributed by atoms with E-state index >= 15 is 0 Å². The normalized spacial score (nSPS) is 19.7. The Morgan fingerprint density at radius 1 is 1.27 bits per heavy atom. The van der Waals surface area contributed by atoms with Gasteiger partial charge in [0, 0.05) is 35.4 Å². The van der Waals surface area contributed by atoms with Crippen LogP contribution in [-0.2, 0) is 12.1 Å². The summed E-state index contributed by atoms with van der Waals surface area (Å²) < 4.78 is 0. The molecule has 22 heavy (non-hydrogen) atoms. The summed E-state index contributed by atoms with van der Waals surface area (Å²) in [6, 6.07) is 10.7. The van der Waals surface area contributed by atoms with E-state index in [1.54, 1.807) is 25.2 Å². The van der Waals surface area contributed by atoms with Crippen LogP contribution >= 0.6 is 11.6 Å². The highest BCUT2D eigenvalue weighted by Gasteiger charge is 2.44. The van der Waals surface area contributed by atoms with Gasteiger partial charge in [-0.05, 0) is 23.8 Å². The number of nitrogens with one attached hydrogen (secondary N) is 1. The number of amidine groups is 1. The third kappa shape index (κ3) is 1.98. The smallest absolute Gasteiger partial charge is 0.176 e. The van der Waals surface area contributed by atoms with Crippen LogP contribution in [0.2, 0.25) is 5.02 Å². The lowest BCUT2D eigenvalue weighted by Gasteiger charge is -2.28. The first kappa shape index (κ1) is 14.8. The van der Waals surface area contributed by atoms with Gasteiger partial charge in [-0.1, -0.05) is 29.8 Å². The van der Waals surface area contributed by atoms with E-state index in [1.165, 1.54) is 0 Å². The van der Waals surface area contributed by atoms with Gasteiger partial charge < -0.3 is 21.9 Å². The SMILES string of the molecule is CNc1c(CN)cccc1C1(O)C(N)=Nc2ccc(Cl)cc21. The standard InChI is InChI=1S/C16H17ClN4O/c1-20-14-9(8-18)3-2-4-11(14)16(22)12-7-10(17)5-6-13(12)21-15(16)19/h2-7,20,22H,8,18H2,1H3,(H2,19,21). The van der Waals surface area contributed by atoms with Crippen molar-refractivity contribution in [2.24, 2.45) is 16.5 Å². The minimum Gasteiger partial charge on any atom is -0.388 e. The number of hydrogen-bond donors (Lipinski definition) is 4. The fourth-order valence-corrected chi connectivity index (χ4v) is 3.07. The van der Waals surface area contributed by atoms with E-state index in [2.05, 4.69) is 10.3 Å². The van der Waals surface area contributed by atoms with Crippen LogP contribution in [-0.4, -0.2) is 18.0 Å². The van der Waals surface area contributed by atoms with Gasteiger partial charge in [0.15, 0.2) is 5.60 Å². The molecule has 0 radical (unpaired) electrons.